The van der Waals surface area contributed by atoms with E-state index in [1.165, 1.54) is 23.3 Å². The quantitative estimate of drug-likeness (QED) is 0.896. The van der Waals surface area contributed by atoms with Gasteiger partial charge in [-0.25, -0.2) is 0 Å². The summed E-state index contributed by atoms with van der Waals surface area (Å²) in [6.07, 6.45) is 4.72. The van der Waals surface area contributed by atoms with Gasteiger partial charge in [0.2, 0.25) is 0 Å². The molecule has 1 aromatic rings. The lowest BCUT2D eigenvalue weighted by atomic mass is 9.87. The Kier molecular flexibility index (Phi) is 4.46. The van der Waals surface area contributed by atoms with E-state index in [1.54, 1.807) is 11.3 Å². The van der Waals surface area contributed by atoms with Crippen LogP contribution in [0.3, 0.4) is 0 Å². The van der Waals surface area contributed by atoms with Gasteiger partial charge in [-0.05, 0) is 36.8 Å². The highest BCUT2D eigenvalue weighted by Crippen LogP contribution is 2.33. The van der Waals surface area contributed by atoms with Crippen LogP contribution in [0.15, 0.2) is 17.7 Å². The van der Waals surface area contributed by atoms with E-state index in [0.717, 1.165) is 23.6 Å². The van der Waals surface area contributed by atoms with Crippen molar-refractivity contribution < 1.29 is 4.79 Å². The molecule has 1 unspecified atom stereocenters. The second kappa shape index (κ2) is 5.89. The van der Waals surface area contributed by atoms with Crippen LogP contribution in [-0.2, 0) is 12.8 Å². The molecule has 1 heterocycles. The Morgan fingerprint density at radius 2 is 2.44 bits per heavy atom. The van der Waals surface area contributed by atoms with Crippen LogP contribution in [0.2, 0.25) is 0 Å². The van der Waals surface area contributed by atoms with E-state index in [1.807, 2.05) is 6.07 Å². The van der Waals surface area contributed by atoms with E-state index in [4.69, 9.17) is 11.6 Å². The molecular weight excluding hydrogens is 266 g/mol. The molecule has 0 spiro atoms. The zero-order valence-electron chi connectivity index (χ0n) is 10.6. The van der Waals surface area contributed by atoms with Crippen molar-refractivity contribution in [1.82, 2.24) is 5.32 Å². The number of carbonyl (C=O) groups excluding carboxylic acids is 1. The summed E-state index contributed by atoms with van der Waals surface area (Å²) in [5, 5.41) is 3.23. The summed E-state index contributed by atoms with van der Waals surface area (Å²) in [4.78, 5) is 14.1. The normalized spacial score (nSPS) is 18.2. The number of hydrogen-bond donors (Lipinski definition) is 1. The molecule has 1 atom stereocenters. The van der Waals surface area contributed by atoms with Crippen molar-refractivity contribution in [2.75, 3.05) is 6.54 Å². The molecule has 1 N–H and O–H groups in total. The number of nitrogens with one attached hydrogen (secondary N) is 1. The molecule has 1 aromatic heterocycles. The number of aryl methyl sites for hydroxylation is 1. The van der Waals surface area contributed by atoms with Crippen LogP contribution in [0, 0.1) is 5.92 Å². The molecule has 98 valence electrons. The second-order valence-electron chi connectivity index (χ2n) is 4.78. The van der Waals surface area contributed by atoms with Gasteiger partial charge in [0.1, 0.15) is 0 Å². The van der Waals surface area contributed by atoms with Gasteiger partial charge in [0.25, 0.3) is 5.91 Å². The predicted octanol–water partition coefficient (Wildman–Crippen LogP) is 3.75. The Hall–Kier alpha value is -0.800. The fourth-order valence-electron chi connectivity index (χ4n) is 2.32. The highest BCUT2D eigenvalue weighted by molar-refractivity contribution is 7.14. The second-order valence-corrected chi connectivity index (χ2v) is 6.45. The minimum atomic E-state index is -0.0377. The highest BCUT2D eigenvalue weighted by Gasteiger charge is 2.21. The number of halogens is 1. The largest absolute Gasteiger partial charge is 0.346 e. The molecule has 0 aromatic carbocycles. The molecule has 0 fully saturated rings. The van der Waals surface area contributed by atoms with Crippen LogP contribution in [0.5, 0.6) is 0 Å². The van der Waals surface area contributed by atoms with Crippen LogP contribution in [0.25, 0.3) is 0 Å². The number of fused-ring (bicyclic) bond motifs is 1. The zero-order chi connectivity index (χ0) is 13.1. The number of carbonyl (C=O) groups is 1. The highest BCUT2D eigenvalue weighted by atomic mass is 35.5. The van der Waals surface area contributed by atoms with E-state index < -0.39 is 0 Å². The number of thiophene rings is 1. The van der Waals surface area contributed by atoms with Gasteiger partial charge >= 0.3 is 0 Å². The average molecular weight is 284 g/mol. The fourth-order valence-corrected chi connectivity index (χ4v) is 3.51. The molecule has 0 saturated heterocycles. The molecule has 1 aliphatic rings. The maximum absolute atomic E-state index is 11.9. The topological polar surface area (TPSA) is 29.1 Å². The summed E-state index contributed by atoms with van der Waals surface area (Å²) in [6, 6.07) is 2.05. The first kappa shape index (κ1) is 13.6. The minimum absolute atomic E-state index is 0.0377. The summed E-state index contributed by atoms with van der Waals surface area (Å²) in [5.74, 6) is 0.745. The molecular formula is C14H18ClNOS. The molecule has 1 amide bonds. The third kappa shape index (κ3) is 3.15. The maximum Gasteiger partial charge on any atom is 0.261 e. The summed E-state index contributed by atoms with van der Waals surface area (Å²) in [6.45, 7) is 6.13. The van der Waals surface area contributed by atoms with Crippen molar-refractivity contribution in [2.45, 2.75) is 32.6 Å². The van der Waals surface area contributed by atoms with Crippen LogP contribution >= 0.6 is 22.9 Å². The zero-order valence-corrected chi connectivity index (χ0v) is 12.2. The number of rotatable bonds is 4. The van der Waals surface area contributed by atoms with Gasteiger partial charge in [-0.2, -0.15) is 0 Å². The molecule has 2 nitrogen and oxygen atoms in total. The smallest absolute Gasteiger partial charge is 0.261 e. The standard InChI is InChI=1S/C14H18ClNOS/c1-3-10-4-5-12-11(6-10)7-13(18-12)14(17)16-8-9(2)15/h7,10H,2-6,8H2,1H3,(H,16,17). The Labute approximate surface area is 117 Å². The van der Waals surface area contributed by atoms with Gasteiger partial charge in [0, 0.05) is 9.91 Å². The van der Waals surface area contributed by atoms with Crippen molar-refractivity contribution in [2.24, 2.45) is 5.92 Å². The maximum atomic E-state index is 11.9. The minimum Gasteiger partial charge on any atom is -0.346 e. The van der Waals surface area contributed by atoms with E-state index in [9.17, 15) is 4.79 Å². The van der Waals surface area contributed by atoms with Crippen molar-refractivity contribution in [3.63, 3.8) is 0 Å². The van der Waals surface area contributed by atoms with E-state index in [2.05, 4.69) is 18.8 Å². The van der Waals surface area contributed by atoms with Crippen molar-refractivity contribution >= 4 is 28.8 Å². The number of hydrogen-bond acceptors (Lipinski definition) is 2. The van der Waals surface area contributed by atoms with E-state index in [-0.39, 0.29) is 5.91 Å². The Bertz CT molecular complexity index is 466. The van der Waals surface area contributed by atoms with Crippen molar-refractivity contribution in [1.29, 1.82) is 0 Å². The van der Waals surface area contributed by atoms with Gasteiger partial charge in [-0.3, -0.25) is 4.79 Å². The molecule has 0 bridgehead atoms. The lowest BCUT2D eigenvalue weighted by molar-refractivity contribution is 0.0961. The number of amides is 1. The molecule has 18 heavy (non-hydrogen) atoms. The lowest BCUT2D eigenvalue weighted by Crippen LogP contribution is -2.23. The molecule has 0 aliphatic heterocycles. The van der Waals surface area contributed by atoms with Gasteiger partial charge in [-0.1, -0.05) is 31.5 Å². The van der Waals surface area contributed by atoms with E-state index >= 15 is 0 Å². The Morgan fingerprint density at radius 3 is 3.11 bits per heavy atom. The lowest BCUT2D eigenvalue weighted by Gasteiger charge is -2.19. The first-order chi connectivity index (χ1) is 8.60. The Morgan fingerprint density at radius 1 is 1.67 bits per heavy atom. The van der Waals surface area contributed by atoms with Crippen LogP contribution in [0.4, 0.5) is 0 Å². The van der Waals surface area contributed by atoms with Gasteiger partial charge < -0.3 is 5.32 Å². The monoisotopic (exact) mass is 283 g/mol. The SMILES string of the molecule is C=C(Cl)CNC(=O)c1cc2c(s1)CCC(CC)C2. The molecule has 0 radical (unpaired) electrons. The fraction of sp³-hybridized carbons (Fsp3) is 0.500. The third-order valence-electron chi connectivity index (χ3n) is 3.43. The van der Waals surface area contributed by atoms with Crippen molar-refractivity contribution in [3.8, 4) is 0 Å². The van der Waals surface area contributed by atoms with Crippen LogP contribution < -0.4 is 5.32 Å². The third-order valence-corrected chi connectivity index (χ3v) is 4.80. The summed E-state index contributed by atoms with van der Waals surface area (Å²) >= 11 is 7.27. The molecule has 1 aliphatic carbocycles. The van der Waals surface area contributed by atoms with Gasteiger partial charge in [0.05, 0.1) is 11.4 Å². The Balaban J connectivity index is 2.05. The average Bonchev–Trinajstić information content (AvgIpc) is 2.78. The van der Waals surface area contributed by atoms with Crippen LogP contribution in [0.1, 0.15) is 39.9 Å². The first-order valence-corrected chi connectivity index (χ1v) is 7.52. The molecule has 0 saturated carbocycles. The predicted molar refractivity (Wildman–Crippen MR) is 77.5 cm³/mol. The molecule has 2 rings (SSSR count). The van der Waals surface area contributed by atoms with Crippen molar-refractivity contribution in [3.05, 3.63) is 33.0 Å². The first-order valence-electron chi connectivity index (χ1n) is 6.33. The summed E-state index contributed by atoms with van der Waals surface area (Å²) in [7, 11) is 0. The summed E-state index contributed by atoms with van der Waals surface area (Å²) in [5.41, 5.74) is 1.37. The van der Waals surface area contributed by atoms with Crippen LogP contribution in [-0.4, -0.2) is 12.5 Å². The van der Waals surface area contributed by atoms with E-state index in [0.29, 0.717) is 11.6 Å². The van der Waals surface area contributed by atoms with Gasteiger partial charge in [0.15, 0.2) is 0 Å². The molecule has 4 heteroatoms. The van der Waals surface area contributed by atoms with Gasteiger partial charge in [-0.15, -0.1) is 11.3 Å². The summed E-state index contributed by atoms with van der Waals surface area (Å²) < 4.78 is 0.